The van der Waals surface area contributed by atoms with E-state index in [1.54, 1.807) is 30.0 Å². The first-order valence-corrected chi connectivity index (χ1v) is 14.2. The molecule has 0 heterocycles. The molecule has 0 aliphatic carbocycles. The van der Waals surface area contributed by atoms with Crippen molar-refractivity contribution in [1.29, 1.82) is 0 Å². The number of rotatable bonds is 14. The Kier molecular flexibility index (Phi) is 11.2. The quantitative estimate of drug-likeness (QED) is 0.302. The van der Waals surface area contributed by atoms with Gasteiger partial charge in [-0.15, -0.1) is 11.8 Å². The Bertz CT molecular complexity index is 1070. The van der Waals surface area contributed by atoms with Crippen molar-refractivity contribution in [2.24, 2.45) is 0 Å². The molecule has 0 unspecified atom stereocenters. The lowest BCUT2D eigenvalue weighted by atomic mass is 10.1. The number of carboxylic acids is 1. The Morgan fingerprint density at radius 3 is 2.50 bits per heavy atom. The van der Waals surface area contributed by atoms with Gasteiger partial charge in [0.15, 0.2) is 6.61 Å². The lowest BCUT2D eigenvalue weighted by Gasteiger charge is -2.25. The molecule has 0 amide bonds. The van der Waals surface area contributed by atoms with Crippen molar-refractivity contribution in [3.63, 3.8) is 0 Å². The maximum Gasteiger partial charge on any atom is 0.341 e. The van der Waals surface area contributed by atoms with Gasteiger partial charge < -0.3 is 9.84 Å². The highest BCUT2D eigenvalue weighted by molar-refractivity contribution is 8.00. The minimum Gasteiger partial charge on any atom is -0.482 e. The van der Waals surface area contributed by atoms with Gasteiger partial charge in [-0.2, -0.15) is 4.31 Å². The van der Waals surface area contributed by atoms with Crippen molar-refractivity contribution in [1.82, 2.24) is 4.31 Å². The average Bonchev–Trinajstić information content (AvgIpc) is 2.77. The first-order valence-electron chi connectivity index (χ1n) is 11.5. The van der Waals surface area contributed by atoms with Crippen LogP contribution < -0.4 is 4.74 Å². The summed E-state index contributed by atoms with van der Waals surface area (Å²) in [5, 5.41) is 9.27. The van der Waals surface area contributed by atoms with E-state index in [1.165, 1.54) is 4.31 Å². The third kappa shape index (κ3) is 8.18. The van der Waals surface area contributed by atoms with Crippen LogP contribution in [-0.4, -0.2) is 48.7 Å². The number of hydrogen-bond donors (Lipinski definition) is 1. The number of sulfonamides is 1. The van der Waals surface area contributed by atoms with E-state index in [2.05, 4.69) is 6.92 Å². The molecule has 0 radical (unpaired) electrons. The number of benzene rings is 2. The molecular formula is C25H34ClNO5S2. The Morgan fingerprint density at radius 2 is 1.91 bits per heavy atom. The number of carboxylic acid groups (broad SMARTS) is 1. The smallest absolute Gasteiger partial charge is 0.341 e. The van der Waals surface area contributed by atoms with Crippen LogP contribution >= 0.6 is 23.4 Å². The molecular weight excluding hydrogens is 494 g/mol. The second kappa shape index (κ2) is 13.4. The van der Waals surface area contributed by atoms with Crippen LogP contribution in [-0.2, 0) is 21.2 Å². The van der Waals surface area contributed by atoms with Gasteiger partial charge in [0.05, 0.1) is 4.90 Å². The minimum absolute atomic E-state index is 0.00851. The molecule has 0 bridgehead atoms. The van der Waals surface area contributed by atoms with Gasteiger partial charge >= 0.3 is 5.97 Å². The lowest BCUT2D eigenvalue weighted by molar-refractivity contribution is -0.139. The Hall–Kier alpha value is -1.74. The van der Waals surface area contributed by atoms with E-state index in [1.807, 2.05) is 39.0 Å². The summed E-state index contributed by atoms with van der Waals surface area (Å²) in [6.45, 7) is 8.30. The van der Waals surface area contributed by atoms with Gasteiger partial charge in [-0.1, -0.05) is 44.9 Å². The molecule has 6 nitrogen and oxygen atoms in total. The fourth-order valence-corrected chi connectivity index (χ4v) is 6.71. The van der Waals surface area contributed by atoms with E-state index in [4.69, 9.17) is 21.4 Å². The highest BCUT2D eigenvalue weighted by atomic mass is 35.5. The molecule has 2 aromatic rings. The number of carbonyl (C=O) groups is 1. The summed E-state index contributed by atoms with van der Waals surface area (Å²) in [6.07, 6.45) is 3.59. The van der Waals surface area contributed by atoms with Gasteiger partial charge in [-0.3, -0.25) is 0 Å². The molecule has 1 atom stereocenters. The summed E-state index contributed by atoms with van der Waals surface area (Å²) in [5.74, 6) is -0.505. The molecule has 9 heteroatoms. The SMILES string of the molecule is CCCCc1ccc(S(=O)(=O)N(CCC)C[C@@H](C)Sc2ccc(OCC(=O)O)c(C)c2)cc1Cl. The van der Waals surface area contributed by atoms with Crippen LogP contribution in [0.15, 0.2) is 46.2 Å². The fraction of sp³-hybridized carbons (Fsp3) is 0.480. The second-order valence-corrected chi connectivity index (χ2v) is 12.1. The van der Waals surface area contributed by atoms with E-state index in [9.17, 15) is 13.2 Å². The predicted molar refractivity (Wildman–Crippen MR) is 139 cm³/mol. The van der Waals surface area contributed by atoms with Crippen LogP contribution in [0.1, 0.15) is 51.2 Å². The summed E-state index contributed by atoms with van der Waals surface area (Å²) < 4.78 is 33.6. The van der Waals surface area contributed by atoms with Gasteiger partial charge in [0, 0.05) is 28.3 Å². The summed E-state index contributed by atoms with van der Waals surface area (Å²) in [7, 11) is -3.68. The van der Waals surface area contributed by atoms with Crippen molar-refractivity contribution in [3.8, 4) is 5.75 Å². The number of thioether (sulfide) groups is 1. The molecule has 2 aromatic carbocycles. The van der Waals surface area contributed by atoms with Gasteiger partial charge in [0.25, 0.3) is 0 Å². The molecule has 0 fully saturated rings. The fourth-order valence-electron chi connectivity index (χ4n) is 3.52. The number of aryl methyl sites for hydroxylation is 2. The van der Waals surface area contributed by atoms with E-state index in [0.29, 0.717) is 30.3 Å². The van der Waals surface area contributed by atoms with Crippen LogP contribution in [0, 0.1) is 6.92 Å². The van der Waals surface area contributed by atoms with Gasteiger partial charge in [0.1, 0.15) is 5.75 Å². The van der Waals surface area contributed by atoms with Crippen molar-refractivity contribution in [3.05, 3.63) is 52.5 Å². The molecule has 0 aliphatic heterocycles. The largest absolute Gasteiger partial charge is 0.482 e. The van der Waals surface area contributed by atoms with Crippen molar-refractivity contribution < 1.29 is 23.1 Å². The number of ether oxygens (including phenoxy) is 1. The van der Waals surface area contributed by atoms with Gasteiger partial charge in [-0.25, -0.2) is 13.2 Å². The van der Waals surface area contributed by atoms with E-state index < -0.39 is 22.6 Å². The summed E-state index contributed by atoms with van der Waals surface area (Å²) in [4.78, 5) is 11.9. The molecule has 34 heavy (non-hydrogen) atoms. The first-order chi connectivity index (χ1) is 16.1. The number of unbranched alkanes of at least 4 members (excludes halogenated alkanes) is 1. The highest BCUT2D eigenvalue weighted by Crippen LogP contribution is 2.30. The average molecular weight is 528 g/mol. The van der Waals surface area contributed by atoms with Crippen molar-refractivity contribution >= 4 is 39.4 Å². The Morgan fingerprint density at radius 1 is 1.18 bits per heavy atom. The minimum atomic E-state index is -3.68. The molecule has 0 saturated carbocycles. The van der Waals surface area contributed by atoms with Crippen molar-refractivity contribution in [2.45, 2.75) is 68.4 Å². The third-order valence-electron chi connectivity index (χ3n) is 5.23. The number of hydrogen-bond acceptors (Lipinski definition) is 5. The topological polar surface area (TPSA) is 83.9 Å². The predicted octanol–water partition coefficient (Wildman–Crippen LogP) is 6.04. The van der Waals surface area contributed by atoms with Crippen LogP contribution in [0.5, 0.6) is 5.75 Å². The van der Waals surface area contributed by atoms with Crippen LogP contribution in [0.25, 0.3) is 0 Å². The van der Waals surface area contributed by atoms with Crippen LogP contribution in [0.3, 0.4) is 0 Å². The highest BCUT2D eigenvalue weighted by Gasteiger charge is 2.26. The lowest BCUT2D eigenvalue weighted by Crippen LogP contribution is -2.36. The number of halogens is 1. The third-order valence-corrected chi connectivity index (χ3v) is 8.52. The maximum atomic E-state index is 13.4. The molecule has 2 rings (SSSR count). The zero-order valence-corrected chi connectivity index (χ0v) is 22.6. The first kappa shape index (κ1) is 28.5. The van der Waals surface area contributed by atoms with E-state index in [-0.39, 0.29) is 10.1 Å². The zero-order valence-electron chi connectivity index (χ0n) is 20.2. The van der Waals surface area contributed by atoms with Crippen molar-refractivity contribution in [2.75, 3.05) is 19.7 Å². The Labute approximate surface area is 212 Å². The second-order valence-electron chi connectivity index (χ2n) is 8.26. The standard InChI is InChI=1S/C25H34ClNO5S2/c1-5-7-8-20-9-11-22(15-23(20)26)34(30,31)27(13-6-2)16-19(4)33-21-10-12-24(18(3)14-21)32-17-25(28)29/h9-12,14-15,19H,5-8,13,16-17H2,1-4H3,(H,28,29)/t19-/m1/s1. The van der Waals surface area contributed by atoms with Crippen LogP contribution in [0.4, 0.5) is 0 Å². The van der Waals surface area contributed by atoms with Gasteiger partial charge in [0.2, 0.25) is 10.0 Å². The molecule has 0 aliphatic rings. The molecule has 188 valence electrons. The Balaban J connectivity index is 2.13. The number of aliphatic carboxylic acids is 1. The molecule has 0 saturated heterocycles. The number of nitrogens with zero attached hydrogens (tertiary/aromatic N) is 1. The van der Waals surface area contributed by atoms with Crippen LogP contribution in [0.2, 0.25) is 5.02 Å². The monoisotopic (exact) mass is 527 g/mol. The molecule has 1 N–H and O–H groups in total. The maximum absolute atomic E-state index is 13.4. The normalized spacial score (nSPS) is 12.6. The summed E-state index contributed by atoms with van der Waals surface area (Å²) >= 11 is 7.97. The van der Waals surface area contributed by atoms with Gasteiger partial charge in [-0.05, 0) is 67.6 Å². The van der Waals surface area contributed by atoms with E-state index >= 15 is 0 Å². The van der Waals surface area contributed by atoms with E-state index in [0.717, 1.165) is 35.3 Å². The summed E-state index contributed by atoms with van der Waals surface area (Å²) in [5.41, 5.74) is 1.80. The summed E-state index contributed by atoms with van der Waals surface area (Å²) in [6, 6.07) is 10.6. The molecule has 0 aromatic heterocycles. The molecule has 0 spiro atoms. The zero-order chi connectivity index (χ0) is 25.3.